The van der Waals surface area contributed by atoms with Gasteiger partial charge in [0, 0.05) is 18.7 Å². The van der Waals surface area contributed by atoms with Crippen LogP contribution in [0, 0.1) is 5.41 Å². The van der Waals surface area contributed by atoms with Gasteiger partial charge in [0.2, 0.25) is 0 Å². The molecule has 0 amide bonds. The summed E-state index contributed by atoms with van der Waals surface area (Å²) in [6.07, 6.45) is 3.31. The van der Waals surface area contributed by atoms with E-state index in [0.29, 0.717) is 6.42 Å². The summed E-state index contributed by atoms with van der Waals surface area (Å²) in [6, 6.07) is 0. The summed E-state index contributed by atoms with van der Waals surface area (Å²) in [5.41, 5.74) is 0. The van der Waals surface area contributed by atoms with E-state index in [-0.39, 0.29) is 11.6 Å². The summed E-state index contributed by atoms with van der Waals surface area (Å²) in [6.45, 7) is 0. The molecule has 3 heteroatoms. The molecule has 8 heavy (non-hydrogen) atoms. The van der Waals surface area contributed by atoms with Crippen molar-refractivity contribution in [2.75, 3.05) is 0 Å². The van der Waals surface area contributed by atoms with E-state index >= 15 is 0 Å². The van der Waals surface area contributed by atoms with Crippen molar-refractivity contribution in [3.63, 3.8) is 0 Å². The molecule has 0 aromatic heterocycles. The van der Waals surface area contributed by atoms with Gasteiger partial charge in [0.1, 0.15) is 11.6 Å². The average molecular weight is 110 g/mol. The molecule has 0 bridgehead atoms. The smallest absolute Gasteiger partial charge is 0.147 e. The Kier molecular flexibility index (Phi) is 1.12. The summed E-state index contributed by atoms with van der Waals surface area (Å²) < 4.78 is 0. The SMILES string of the molecule is N=C1C=C(O)CC=N1. The molecule has 1 rings (SSSR count). The van der Waals surface area contributed by atoms with Crippen molar-refractivity contribution in [2.24, 2.45) is 4.99 Å². The molecule has 0 spiro atoms. The van der Waals surface area contributed by atoms with Crippen molar-refractivity contribution < 1.29 is 5.11 Å². The molecular weight excluding hydrogens is 104 g/mol. The second-order valence-corrected chi connectivity index (χ2v) is 1.54. The van der Waals surface area contributed by atoms with Crippen LogP contribution in [-0.4, -0.2) is 17.2 Å². The van der Waals surface area contributed by atoms with Gasteiger partial charge in [0.15, 0.2) is 0 Å². The van der Waals surface area contributed by atoms with Crippen molar-refractivity contribution in [3.8, 4) is 0 Å². The zero-order valence-corrected chi connectivity index (χ0v) is 4.26. The molecule has 0 aromatic carbocycles. The maximum absolute atomic E-state index is 8.71. The minimum Gasteiger partial charge on any atom is -0.512 e. The Labute approximate surface area is 46.9 Å². The zero-order valence-electron chi connectivity index (χ0n) is 4.26. The molecule has 42 valence electrons. The summed E-state index contributed by atoms with van der Waals surface area (Å²) >= 11 is 0. The number of amidine groups is 1. The number of hydrogen-bond donors (Lipinski definition) is 2. The van der Waals surface area contributed by atoms with Crippen LogP contribution in [0.25, 0.3) is 0 Å². The van der Waals surface area contributed by atoms with E-state index in [4.69, 9.17) is 10.5 Å². The number of nitrogens with one attached hydrogen (secondary N) is 1. The molecule has 2 N–H and O–H groups in total. The van der Waals surface area contributed by atoms with E-state index in [0.717, 1.165) is 0 Å². The van der Waals surface area contributed by atoms with Crippen LogP contribution in [0.15, 0.2) is 16.8 Å². The lowest BCUT2D eigenvalue weighted by molar-refractivity contribution is 0.406. The first-order chi connectivity index (χ1) is 3.79. The Hall–Kier alpha value is -1.12. The van der Waals surface area contributed by atoms with Crippen LogP contribution < -0.4 is 0 Å². The molecule has 1 aliphatic heterocycles. The van der Waals surface area contributed by atoms with Gasteiger partial charge in [-0.1, -0.05) is 0 Å². The molecule has 0 aromatic rings. The number of dihydropyridines is 1. The Morgan fingerprint density at radius 3 is 2.88 bits per heavy atom. The van der Waals surface area contributed by atoms with Gasteiger partial charge in [-0.15, -0.1) is 0 Å². The fourth-order valence-corrected chi connectivity index (χ4v) is 0.492. The third kappa shape index (κ3) is 0.932. The van der Waals surface area contributed by atoms with Crippen molar-refractivity contribution in [3.05, 3.63) is 11.8 Å². The van der Waals surface area contributed by atoms with E-state index in [2.05, 4.69) is 4.99 Å². The van der Waals surface area contributed by atoms with Crippen LogP contribution >= 0.6 is 0 Å². The first-order valence-corrected chi connectivity index (χ1v) is 2.29. The fourth-order valence-electron chi connectivity index (χ4n) is 0.492. The summed E-state index contributed by atoms with van der Waals surface area (Å²) in [4.78, 5) is 3.60. The van der Waals surface area contributed by atoms with Crippen LogP contribution in [-0.2, 0) is 0 Å². The highest BCUT2D eigenvalue weighted by Crippen LogP contribution is 1.99. The van der Waals surface area contributed by atoms with Gasteiger partial charge in [-0.05, 0) is 0 Å². The Morgan fingerprint density at radius 1 is 1.75 bits per heavy atom. The molecule has 0 aliphatic carbocycles. The van der Waals surface area contributed by atoms with E-state index < -0.39 is 0 Å². The molecule has 1 heterocycles. The van der Waals surface area contributed by atoms with Crippen LogP contribution in [0.4, 0.5) is 0 Å². The van der Waals surface area contributed by atoms with Gasteiger partial charge in [-0.25, -0.2) is 4.99 Å². The van der Waals surface area contributed by atoms with Crippen LogP contribution in [0.2, 0.25) is 0 Å². The van der Waals surface area contributed by atoms with Gasteiger partial charge >= 0.3 is 0 Å². The second kappa shape index (κ2) is 1.78. The van der Waals surface area contributed by atoms with Crippen molar-refractivity contribution in [1.29, 1.82) is 5.41 Å². The molecule has 0 radical (unpaired) electrons. The third-order valence-corrected chi connectivity index (χ3v) is 0.834. The summed E-state index contributed by atoms with van der Waals surface area (Å²) in [5.74, 6) is 0.332. The van der Waals surface area contributed by atoms with Crippen molar-refractivity contribution >= 4 is 12.1 Å². The summed E-state index contributed by atoms with van der Waals surface area (Å²) in [7, 11) is 0. The molecule has 0 unspecified atom stereocenters. The number of aliphatic imine (C=N–C) groups is 1. The molecule has 0 atom stereocenters. The molecule has 0 saturated carbocycles. The predicted octanol–water partition coefficient (Wildman–Crippen LogP) is 0.880. The number of nitrogens with zero attached hydrogens (tertiary/aromatic N) is 1. The Bertz CT molecular complexity index is 169. The zero-order chi connectivity index (χ0) is 5.98. The van der Waals surface area contributed by atoms with E-state index in [1.807, 2.05) is 0 Å². The standard InChI is InChI=1S/C5H6N2O/c6-5-3-4(8)1-2-7-5/h2-3,6,8H,1H2. The molecule has 1 aliphatic rings. The minimum atomic E-state index is 0.119. The molecular formula is C5H6N2O. The van der Waals surface area contributed by atoms with Crippen LogP contribution in [0.3, 0.4) is 0 Å². The highest BCUT2D eigenvalue weighted by molar-refractivity contribution is 5.98. The van der Waals surface area contributed by atoms with Crippen LogP contribution in [0.5, 0.6) is 0 Å². The maximum Gasteiger partial charge on any atom is 0.147 e. The molecule has 0 saturated heterocycles. The lowest BCUT2D eigenvalue weighted by atomic mass is 10.3. The van der Waals surface area contributed by atoms with E-state index in [1.165, 1.54) is 12.3 Å². The highest BCUT2D eigenvalue weighted by atomic mass is 16.3. The first-order valence-electron chi connectivity index (χ1n) is 2.29. The number of aliphatic hydroxyl groups is 1. The molecule has 3 nitrogen and oxygen atoms in total. The quantitative estimate of drug-likeness (QED) is 0.477. The minimum absolute atomic E-state index is 0.119. The average Bonchev–Trinajstić information content (AvgIpc) is 1.64. The first kappa shape index (κ1) is 5.03. The lowest BCUT2D eigenvalue weighted by Gasteiger charge is -1.97. The maximum atomic E-state index is 8.71. The van der Waals surface area contributed by atoms with Gasteiger partial charge < -0.3 is 5.11 Å². The number of aliphatic hydroxyl groups excluding tert-OH is 1. The van der Waals surface area contributed by atoms with Crippen LogP contribution in [0.1, 0.15) is 6.42 Å². The summed E-state index contributed by atoms with van der Waals surface area (Å²) in [5, 5.41) is 15.6. The van der Waals surface area contributed by atoms with Crippen molar-refractivity contribution in [2.45, 2.75) is 6.42 Å². The van der Waals surface area contributed by atoms with E-state index in [1.54, 1.807) is 0 Å². The molecule has 0 fully saturated rings. The highest BCUT2D eigenvalue weighted by Gasteiger charge is 1.97. The Balaban J connectivity index is 2.74. The topological polar surface area (TPSA) is 56.4 Å². The van der Waals surface area contributed by atoms with E-state index in [9.17, 15) is 0 Å². The number of hydrogen-bond acceptors (Lipinski definition) is 2. The third-order valence-electron chi connectivity index (χ3n) is 0.834. The van der Waals surface area contributed by atoms with Gasteiger partial charge in [0.05, 0.1) is 0 Å². The fraction of sp³-hybridized carbons (Fsp3) is 0.200. The Morgan fingerprint density at radius 2 is 2.50 bits per heavy atom. The second-order valence-electron chi connectivity index (χ2n) is 1.54. The predicted molar refractivity (Wildman–Crippen MR) is 31.5 cm³/mol. The normalized spacial score (nSPS) is 18.5. The monoisotopic (exact) mass is 110 g/mol. The van der Waals surface area contributed by atoms with Crippen molar-refractivity contribution in [1.82, 2.24) is 0 Å². The number of allylic oxidation sites excluding steroid dienone is 1. The van der Waals surface area contributed by atoms with Gasteiger partial charge in [-0.3, -0.25) is 5.41 Å². The lowest BCUT2D eigenvalue weighted by Crippen LogP contribution is -1.97. The largest absolute Gasteiger partial charge is 0.512 e. The number of rotatable bonds is 0. The van der Waals surface area contributed by atoms with Gasteiger partial charge in [0.25, 0.3) is 0 Å². The van der Waals surface area contributed by atoms with Gasteiger partial charge in [-0.2, -0.15) is 0 Å².